The molecule has 1 aromatic heterocycles. The fourth-order valence-corrected chi connectivity index (χ4v) is 4.89. The monoisotopic (exact) mass is 570 g/mol. The first-order valence-corrected chi connectivity index (χ1v) is 12.2. The number of nitrogens with zero attached hydrogens (tertiary/aromatic N) is 3. The van der Waals surface area contributed by atoms with Crippen molar-refractivity contribution in [3.8, 4) is 0 Å². The number of piperazine rings is 1. The van der Waals surface area contributed by atoms with Gasteiger partial charge in [-0.3, -0.25) is 9.89 Å². The zero-order chi connectivity index (χ0) is 21.3. The second kappa shape index (κ2) is 13.5. The van der Waals surface area contributed by atoms with Crippen LogP contribution in [0.2, 0.25) is 0 Å². The number of guanidine groups is 1. The summed E-state index contributed by atoms with van der Waals surface area (Å²) in [4.78, 5) is 10.9. The minimum absolute atomic E-state index is 0. The zero-order valence-corrected chi connectivity index (χ0v) is 22.0. The molecule has 0 atom stereocenters. The molecule has 2 aromatic rings. The van der Waals surface area contributed by atoms with E-state index in [1.807, 2.05) is 18.4 Å². The molecule has 4 rings (SSSR count). The van der Waals surface area contributed by atoms with Crippen LogP contribution in [0.4, 0.5) is 0 Å². The van der Waals surface area contributed by atoms with E-state index in [1.165, 1.54) is 16.0 Å². The maximum atomic E-state index is 6.08. The molecule has 1 N–H and O–H groups in total. The minimum Gasteiger partial charge on any atom is -0.381 e. The lowest BCUT2D eigenvalue weighted by atomic mass is 10.1. The van der Waals surface area contributed by atoms with Gasteiger partial charge < -0.3 is 19.7 Å². The van der Waals surface area contributed by atoms with E-state index in [9.17, 15) is 0 Å². The fourth-order valence-electron chi connectivity index (χ4n) is 4.14. The van der Waals surface area contributed by atoms with Crippen molar-refractivity contribution < 1.29 is 9.47 Å². The molecule has 2 aliphatic rings. The Labute approximate surface area is 213 Å². The number of rotatable bonds is 7. The van der Waals surface area contributed by atoms with Gasteiger partial charge in [0.15, 0.2) is 5.96 Å². The second-order valence-electron chi connectivity index (χ2n) is 8.19. The largest absolute Gasteiger partial charge is 0.381 e. The molecule has 1 aromatic carbocycles. The maximum absolute atomic E-state index is 6.08. The van der Waals surface area contributed by atoms with Crippen molar-refractivity contribution in [2.24, 2.45) is 4.99 Å². The molecule has 32 heavy (non-hydrogen) atoms. The summed E-state index contributed by atoms with van der Waals surface area (Å²) < 4.78 is 11.5. The van der Waals surface area contributed by atoms with Crippen molar-refractivity contribution in [3.05, 3.63) is 57.8 Å². The van der Waals surface area contributed by atoms with Crippen molar-refractivity contribution in [1.82, 2.24) is 15.1 Å². The van der Waals surface area contributed by atoms with Crippen molar-refractivity contribution in [2.75, 3.05) is 46.4 Å². The lowest BCUT2D eigenvalue weighted by molar-refractivity contribution is -0.0390. The van der Waals surface area contributed by atoms with E-state index in [1.54, 1.807) is 0 Å². The van der Waals surface area contributed by atoms with E-state index in [0.29, 0.717) is 12.7 Å². The summed E-state index contributed by atoms with van der Waals surface area (Å²) in [6.45, 7) is 8.27. The summed E-state index contributed by atoms with van der Waals surface area (Å²) in [6, 6.07) is 13.0. The Hall–Kier alpha value is -1.20. The molecule has 2 fully saturated rings. The molecule has 0 amide bonds. The van der Waals surface area contributed by atoms with E-state index in [2.05, 4.69) is 61.9 Å². The predicted molar refractivity (Wildman–Crippen MR) is 142 cm³/mol. The van der Waals surface area contributed by atoms with Crippen LogP contribution in [0.25, 0.3) is 0 Å². The van der Waals surface area contributed by atoms with E-state index >= 15 is 0 Å². The van der Waals surface area contributed by atoms with Gasteiger partial charge in [0.1, 0.15) is 0 Å². The summed E-state index contributed by atoms with van der Waals surface area (Å²) in [5, 5.41) is 5.71. The van der Waals surface area contributed by atoms with Gasteiger partial charge in [0, 0.05) is 64.4 Å². The van der Waals surface area contributed by atoms with Crippen molar-refractivity contribution >= 4 is 41.3 Å². The van der Waals surface area contributed by atoms with Crippen LogP contribution >= 0.6 is 35.3 Å². The Balaban J connectivity index is 0.00000289. The van der Waals surface area contributed by atoms with Gasteiger partial charge >= 0.3 is 0 Å². The highest BCUT2D eigenvalue weighted by atomic mass is 127. The van der Waals surface area contributed by atoms with Crippen LogP contribution in [-0.2, 0) is 29.2 Å². The molecule has 6 nitrogen and oxygen atoms in total. The lowest BCUT2D eigenvalue weighted by Gasteiger charge is -2.36. The molecule has 3 heterocycles. The van der Waals surface area contributed by atoms with E-state index in [0.717, 1.165) is 71.3 Å². The van der Waals surface area contributed by atoms with Gasteiger partial charge in [-0.25, -0.2) is 0 Å². The molecule has 0 aliphatic carbocycles. The molecule has 0 unspecified atom stereocenters. The first-order valence-electron chi connectivity index (χ1n) is 11.3. The van der Waals surface area contributed by atoms with Crippen LogP contribution in [0.15, 0.2) is 46.8 Å². The first kappa shape index (κ1) is 25.4. The summed E-state index contributed by atoms with van der Waals surface area (Å²) in [5.41, 5.74) is 2.48. The number of halogens is 1. The number of nitrogens with one attached hydrogen (secondary N) is 1. The Morgan fingerprint density at radius 2 is 1.91 bits per heavy atom. The Morgan fingerprint density at radius 3 is 2.62 bits per heavy atom. The van der Waals surface area contributed by atoms with Crippen LogP contribution in [0.3, 0.4) is 0 Å². The second-order valence-corrected chi connectivity index (χ2v) is 9.22. The molecule has 2 aliphatic heterocycles. The van der Waals surface area contributed by atoms with E-state index < -0.39 is 0 Å². The molecule has 2 saturated heterocycles. The highest BCUT2D eigenvalue weighted by molar-refractivity contribution is 14.0. The average molecular weight is 571 g/mol. The van der Waals surface area contributed by atoms with Gasteiger partial charge in [0.2, 0.25) is 0 Å². The molecule has 0 bridgehead atoms. The summed E-state index contributed by atoms with van der Waals surface area (Å²) in [7, 11) is 1.87. The molecular formula is C24H35IN4O2S. The fraction of sp³-hybridized carbons (Fsp3) is 0.542. The van der Waals surface area contributed by atoms with Gasteiger partial charge in [-0.1, -0.05) is 30.3 Å². The molecular weight excluding hydrogens is 535 g/mol. The summed E-state index contributed by atoms with van der Waals surface area (Å²) in [5.74, 6) is 0.986. The number of thiophene rings is 1. The van der Waals surface area contributed by atoms with Gasteiger partial charge in [-0.2, -0.15) is 0 Å². The summed E-state index contributed by atoms with van der Waals surface area (Å²) >= 11 is 1.84. The highest BCUT2D eigenvalue weighted by Gasteiger charge is 2.20. The van der Waals surface area contributed by atoms with E-state index in [-0.39, 0.29) is 24.0 Å². The van der Waals surface area contributed by atoms with Gasteiger partial charge in [-0.05, 0) is 35.4 Å². The Morgan fingerprint density at radius 1 is 1.12 bits per heavy atom. The van der Waals surface area contributed by atoms with Crippen LogP contribution in [0.1, 0.15) is 28.8 Å². The smallest absolute Gasteiger partial charge is 0.194 e. The van der Waals surface area contributed by atoms with Gasteiger partial charge in [-0.15, -0.1) is 35.3 Å². The topological polar surface area (TPSA) is 49.3 Å². The number of benzene rings is 1. The zero-order valence-electron chi connectivity index (χ0n) is 18.9. The molecule has 0 radical (unpaired) electrons. The van der Waals surface area contributed by atoms with Crippen molar-refractivity contribution in [3.63, 3.8) is 0 Å². The lowest BCUT2D eigenvalue weighted by Crippen LogP contribution is -2.51. The minimum atomic E-state index is 0. The van der Waals surface area contributed by atoms with Gasteiger partial charge in [0.05, 0.1) is 12.7 Å². The third kappa shape index (κ3) is 7.69. The van der Waals surface area contributed by atoms with Crippen molar-refractivity contribution in [2.45, 2.75) is 38.6 Å². The highest BCUT2D eigenvalue weighted by Crippen LogP contribution is 2.15. The van der Waals surface area contributed by atoms with Crippen LogP contribution < -0.4 is 5.32 Å². The van der Waals surface area contributed by atoms with E-state index in [4.69, 9.17) is 9.47 Å². The Bertz CT molecular complexity index is 819. The number of aliphatic imine (C=N–C) groups is 1. The normalized spacial score (nSPS) is 18.4. The molecule has 0 saturated carbocycles. The first-order chi connectivity index (χ1) is 15.3. The quantitative estimate of drug-likeness (QED) is 0.311. The third-order valence-corrected chi connectivity index (χ3v) is 6.80. The predicted octanol–water partition coefficient (Wildman–Crippen LogP) is 3.95. The maximum Gasteiger partial charge on any atom is 0.194 e. The van der Waals surface area contributed by atoms with Crippen molar-refractivity contribution in [1.29, 1.82) is 0 Å². The molecule has 0 spiro atoms. The third-order valence-electron chi connectivity index (χ3n) is 5.94. The number of hydrogen-bond donors (Lipinski definition) is 1. The molecule has 176 valence electrons. The van der Waals surface area contributed by atoms with Crippen LogP contribution in [-0.4, -0.2) is 68.3 Å². The molecule has 8 heteroatoms. The van der Waals surface area contributed by atoms with Crippen LogP contribution in [0, 0.1) is 0 Å². The number of ether oxygens (including phenoxy) is 2. The number of hydrogen-bond acceptors (Lipinski definition) is 5. The Kier molecular flexibility index (Phi) is 10.7. The standard InChI is InChI=1S/C24H34N4O2S.HI/c1-25-24(28-11-9-27(10-12-28)18-23-6-3-15-31-23)26-17-20-4-2-5-21(16-20)19-30-22-7-13-29-14-8-22;/h2-6,15-16,22H,7-14,17-19H2,1H3,(H,25,26);1H. The summed E-state index contributed by atoms with van der Waals surface area (Å²) in [6.07, 6.45) is 2.32. The van der Waals surface area contributed by atoms with Gasteiger partial charge in [0.25, 0.3) is 0 Å². The van der Waals surface area contributed by atoms with Crippen LogP contribution in [0.5, 0.6) is 0 Å². The SMILES string of the molecule is CN=C(NCc1cccc(COC2CCOCC2)c1)N1CCN(Cc2cccs2)CC1.I. The average Bonchev–Trinajstić information content (AvgIpc) is 3.33.